The number of methoxy groups -OCH3 is 1. The van der Waals surface area contributed by atoms with Crippen LogP contribution < -0.4 is 9.47 Å². The van der Waals surface area contributed by atoms with Gasteiger partial charge in [0.2, 0.25) is 12.2 Å². The van der Waals surface area contributed by atoms with Crippen molar-refractivity contribution in [2.45, 2.75) is 31.0 Å². The van der Waals surface area contributed by atoms with Crippen molar-refractivity contribution < 1.29 is 55.2 Å². The van der Waals surface area contributed by atoms with E-state index in [9.17, 15) is 35.9 Å². The van der Waals surface area contributed by atoms with E-state index in [4.69, 9.17) is 37.8 Å². The molecule has 0 saturated carbocycles. The monoisotopic (exact) mass is 786 g/mol. The molecule has 2 atom stereocenters. The Hall–Kier alpha value is -3.43. The van der Waals surface area contributed by atoms with Crippen molar-refractivity contribution in [3.8, 4) is 11.5 Å². The lowest BCUT2D eigenvalue weighted by Gasteiger charge is -2.28. The molecule has 2 unspecified atom stereocenters. The van der Waals surface area contributed by atoms with Crippen LogP contribution in [0.15, 0.2) is 65.7 Å². The van der Waals surface area contributed by atoms with Gasteiger partial charge in [-0.25, -0.2) is 9.59 Å². The van der Waals surface area contributed by atoms with Crippen molar-refractivity contribution >= 4 is 69.9 Å². The van der Waals surface area contributed by atoms with Gasteiger partial charge in [0.1, 0.15) is 11.5 Å². The molecular formula is C30H19Cl2F6IO6. The molecule has 1 N–H and O–H groups in total. The molecule has 6 nitrogen and oxygen atoms in total. The quantitative estimate of drug-likeness (QED) is 0.162. The van der Waals surface area contributed by atoms with Crippen molar-refractivity contribution in [1.29, 1.82) is 0 Å². The first-order chi connectivity index (χ1) is 21.0. The maximum absolute atomic E-state index is 13.2. The fraction of sp³-hybridized carbons (Fsp3) is 0.200. The minimum Gasteiger partial charge on any atom is -0.478 e. The third kappa shape index (κ3) is 8.05. The average molecular weight is 787 g/mol. The first kappa shape index (κ1) is 34.4. The van der Waals surface area contributed by atoms with E-state index in [2.05, 4.69) is 4.74 Å². The van der Waals surface area contributed by atoms with Crippen molar-refractivity contribution in [3.63, 3.8) is 0 Å². The number of rotatable bonds is 4. The summed E-state index contributed by atoms with van der Waals surface area (Å²) >= 11 is 13.7. The summed E-state index contributed by atoms with van der Waals surface area (Å²) in [4.78, 5) is 22.7. The van der Waals surface area contributed by atoms with Gasteiger partial charge in [0.15, 0.2) is 0 Å². The number of carbonyl (C=O) groups is 2. The molecule has 2 aliphatic heterocycles. The van der Waals surface area contributed by atoms with E-state index in [1.165, 1.54) is 24.3 Å². The molecule has 0 radical (unpaired) electrons. The number of hydrogen-bond donors (Lipinski definition) is 1. The lowest BCUT2D eigenvalue weighted by Crippen LogP contribution is -2.40. The molecule has 0 fully saturated rings. The highest BCUT2D eigenvalue weighted by molar-refractivity contribution is 14.1. The minimum atomic E-state index is -4.84. The standard InChI is InChI=1S/C18H12ClF3O3.C12H7ClF3IO3/c19-13-7-11(6-10-4-2-1-3-5-10)15-12(8-13)9-14(17(23)24)16(25-15)18(20,21)22;1-19-11(18)7-3-5-2-6(13)4-8(17)9(5)20-10(7)12(14,15)16/h1-5,7-9,16H,6H2,(H,23,24);2-4,10H,1H3. The van der Waals surface area contributed by atoms with E-state index >= 15 is 0 Å². The zero-order valence-corrected chi connectivity index (χ0v) is 26.3. The topological polar surface area (TPSA) is 82.1 Å². The van der Waals surface area contributed by atoms with Crippen molar-refractivity contribution in [2.75, 3.05) is 7.11 Å². The number of carboxylic acid groups (broad SMARTS) is 1. The van der Waals surface area contributed by atoms with Crippen molar-refractivity contribution in [3.05, 3.63) is 102 Å². The molecule has 3 aromatic rings. The molecule has 0 aliphatic carbocycles. The Balaban J connectivity index is 0.000000210. The predicted molar refractivity (Wildman–Crippen MR) is 161 cm³/mol. The molecule has 0 amide bonds. The van der Waals surface area contributed by atoms with Gasteiger partial charge in [-0.15, -0.1) is 0 Å². The number of aliphatic carboxylic acids is 1. The van der Waals surface area contributed by atoms with E-state index in [-0.39, 0.29) is 17.1 Å². The van der Waals surface area contributed by atoms with E-state index in [1.807, 2.05) is 52.9 Å². The molecule has 0 saturated heterocycles. The van der Waals surface area contributed by atoms with Gasteiger partial charge in [-0.1, -0.05) is 53.5 Å². The molecule has 238 valence electrons. The summed E-state index contributed by atoms with van der Waals surface area (Å²) in [6, 6.07) is 14.9. The lowest BCUT2D eigenvalue weighted by molar-refractivity contribution is -0.187. The van der Waals surface area contributed by atoms with Crippen molar-refractivity contribution in [1.82, 2.24) is 0 Å². The Kier molecular flexibility index (Phi) is 10.3. The van der Waals surface area contributed by atoms with Gasteiger partial charge in [0, 0.05) is 33.2 Å². The average Bonchev–Trinajstić information content (AvgIpc) is 2.95. The third-order valence-corrected chi connectivity index (χ3v) is 7.59. The molecule has 2 heterocycles. The summed E-state index contributed by atoms with van der Waals surface area (Å²) < 4.78 is 93.5. The van der Waals surface area contributed by atoms with Crippen LogP contribution in [0.1, 0.15) is 22.3 Å². The van der Waals surface area contributed by atoms with Gasteiger partial charge >= 0.3 is 24.3 Å². The van der Waals surface area contributed by atoms with Gasteiger partial charge in [-0.3, -0.25) is 0 Å². The second-order valence-corrected chi connectivity index (χ2v) is 11.6. The number of ether oxygens (including phenoxy) is 3. The van der Waals surface area contributed by atoms with Crippen LogP contribution in [0.5, 0.6) is 11.5 Å². The second kappa shape index (κ2) is 13.5. The zero-order chi connectivity index (χ0) is 33.3. The van der Waals surface area contributed by atoms with E-state index < -0.39 is 47.6 Å². The molecule has 3 aromatic carbocycles. The van der Waals surface area contributed by atoms with Crippen LogP contribution in [0.3, 0.4) is 0 Å². The van der Waals surface area contributed by atoms with Crippen LogP contribution in [0, 0.1) is 3.57 Å². The summed E-state index contributed by atoms with van der Waals surface area (Å²) in [5, 5.41) is 9.72. The number of alkyl halides is 6. The molecule has 0 spiro atoms. The smallest absolute Gasteiger partial charge is 0.430 e. The Bertz CT molecular complexity index is 1690. The number of halogens is 9. The maximum atomic E-state index is 13.2. The lowest BCUT2D eigenvalue weighted by atomic mass is 9.96. The second-order valence-electron chi connectivity index (χ2n) is 9.53. The largest absolute Gasteiger partial charge is 0.478 e. The third-order valence-electron chi connectivity index (χ3n) is 6.35. The van der Waals surface area contributed by atoms with Crippen LogP contribution in [0.4, 0.5) is 26.3 Å². The normalized spacial score (nSPS) is 17.2. The highest BCUT2D eigenvalue weighted by Crippen LogP contribution is 2.42. The summed E-state index contributed by atoms with van der Waals surface area (Å²) in [7, 11) is 1.01. The first-order valence-corrected chi connectivity index (χ1v) is 14.4. The molecular weight excluding hydrogens is 768 g/mol. The highest BCUT2D eigenvalue weighted by Gasteiger charge is 2.50. The predicted octanol–water partition coefficient (Wildman–Crippen LogP) is 8.55. The molecule has 0 aromatic heterocycles. The summed E-state index contributed by atoms with van der Waals surface area (Å²) in [6.07, 6.45) is -12.1. The number of carbonyl (C=O) groups excluding carboxylic acids is 1. The van der Waals surface area contributed by atoms with Crippen LogP contribution in [-0.2, 0) is 20.7 Å². The van der Waals surface area contributed by atoms with Gasteiger partial charge < -0.3 is 19.3 Å². The fourth-order valence-corrected chi connectivity index (χ4v) is 5.91. The maximum Gasteiger partial charge on any atom is 0.430 e. The molecule has 2 aliphatic rings. The molecule has 45 heavy (non-hydrogen) atoms. The number of benzene rings is 3. The van der Waals surface area contributed by atoms with Crippen LogP contribution >= 0.6 is 45.8 Å². The minimum absolute atomic E-state index is 0.000535. The highest BCUT2D eigenvalue weighted by atomic mass is 127. The first-order valence-electron chi connectivity index (χ1n) is 12.6. The molecule has 0 bridgehead atoms. The summed E-state index contributed by atoms with van der Waals surface area (Å²) in [6.45, 7) is 0. The summed E-state index contributed by atoms with van der Waals surface area (Å²) in [5.41, 5.74) is 0.383. The van der Waals surface area contributed by atoms with Gasteiger partial charge in [-0.2, -0.15) is 26.3 Å². The zero-order valence-electron chi connectivity index (χ0n) is 22.6. The molecule has 5 rings (SSSR count). The van der Waals surface area contributed by atoms with Gasteiger partial charge in [-0.05, 0) is 64.6 Å². The van der Waals surface area contributed by atoms with Gasteiger partial charge in [0.05, 0.1) is 21.8 Å². The van der Waals surface area contributed by atoms with E-state index in [0.717, 1.165) is 24.8 Å². The van der Waals surface area contributed by atoms with Crippen molar-refractivity contribution in [2.24, 2.45) is 0 Å². The Labute approximate surface area is 275 Å². The number of hydrogen-bond acceptors (Lipinski definition) is 5. The summed E-state index contributed by atoms with van der Waals surface area (Å²) in [5.74, 6) is -2.73. The number of carboxylic acids is 1. The molecule has 15 heteroatoms. The number of esters is 1. The number of fused-ring (bicyclic) bond motifs is 2. The SMILES string of the molecule is COC(=O)C1=Cc2cc(Cl)cc(I)c2OC1C(F)(F)F.O=C(O)C1=Cc2cc(Cl)cc(Cc3ccccc3)c2OC1C(F)(F)F. The van der Waals surface area contributed by atoms with E-state index in [1.54, 1.807) is 0 Å². The Morgan fingerprint density at radius 1 is 0.844 bits per heavy atom. The van der Waals surface area contributed by atoms with Crippen LogP contribution in [-0.4, -0.2) is 48.7 Å². The Morgan fingerprint density at radius 3 is 1.91 bits per heavy atom. The Morgan fingerprint density at radius 2 is 1.36 bits per heavy atom. The fourth-order valence-electron chi connectivity index (χ4n) is 4.48. The van der Waals surface area contributed by atoms with Crippen LogP contribution in [0.25, 0.3) is 12.2 Å². The van der Waals surface area contributed by atoms with Crippen LogP contribution in [0.2, 0.25) is 10.0 Å². The van der Waals surface area contributed by atoms with E-state index in [0.29, 0.717) is 31.2 Å². The van der Waals surface area contributed by atoms with Gasteiger partial charge in [0.25, 0.3) is 0 Å².